The van der Waals surface area contributed by atoms with Crippen LogP contribution in [0.3, 0.4) is 0 Å². The molecule has 0 spiro atoms. The van der Waals surface area contributed by atoms with Gasteiger partial charge in [0.1, 0.15) is 36.6 Å². The highest BCUT2D eigenvalue weighted by molar-refractivity contribution is 5.89. The third kappa shape index (κ3) is 12.9. The number of nitrogens with two attached hydrogens (primary N) is 1. The van der Waals surface area contributed by atoms with Crippen molar-refractivity contribution in [1.29, 1.82) is 0 Å². The summed E-state index contributed by atoms with van der Waals surface area (Å²) in [4.78, 5) is 14.3. The second-order valence-electron chi connectivity index (χ2n) is 16.6. The van der Waals surface area contributed by atoms with Gasteiger partial charge in [0.05, 0.1) is 31.5 Å². The van der Waals surface area contributed by atoms with E-state index in [1.54, 1.807) is 29.2 Å². The Morgan fingerprint density at radius 1 is 0.694 bits per heavy atom. The average Bonchev–Trinajstić information content (AvgIpc) is 3.29. The van der Waals surface area contributed by atoms with Crippen LogP contribution in [0, 0.1) is 0 Å². The number of carbonyl (C=O) groups excluding carboxylic acids is 1. The van der Waals surface area contributed by atoms with Crippen molar-refractivity contribution in [2.45, 2.75) is 119 Å². The molecule has 2 heterocycles. The summed E-state index contributed by atoms with van der Waals surface area (Å²) in [6.45, 7) is 2.13. The van der Waals surface area contributed by atoms with Gasteiger partial charge in [0.25, 0.3) is 0 Å². The van der Waals surface area contributed by atoms with Crippen molar-refractivity contribution in [2.24, 2.45) is 5.73 Å². The molecule has 14 heteroatoms. The number of carbonyl (C=O) groups is 1. The number of aliphatic hydroxyl groups excluding tert-OH is 6. The van der Waals surface area contributed by atoms with Gasteiger partial charge in [-0.05, 0) is 67.1 Å². The van der Waals surface area contributed by atoms with Crippen molar-refractivity contribution in [1.82, 2.24) is 10.2 Å². The lowest BCUT2D eigenvalue weighted by Crippen LogP contribution is -2.56. The van der Waals surface area contributed by atoms with E-state index in [0.717, 1.165) is 24.8 Å². The van der Waals surface area contributed by atoms with Gasteiger partial charge in [-0.2, -0.15) is 0 Å². The fourth-order valence-corrected chi connectivity index (χ4v) is 8.38. The zero-order chi connectivity index (χ0) is 44.0. The van der Waals surface area contributed by atoms with Gasteiger partial charge in [-0.15, -0.1) is 0 Å². The summed E-state index contributed by atoms with van der Waals surface area (Å²) in [5.41, 5.74) is 9.72. The van der Waals surface area contributed by atoms with Gasteiger partial charge in [0.2, 0.25) is 5.91 Å². The molecule has 9 N–H and O–H groups in total. The quantitative estimate of drug-likeness (QED) is 0.0505. The number of rotatable bonds is 23. The third-order valence-corrected chi connectivity index (χ3v) is 11.9. The summed E-state index contributed by atoms with van der Waals surface area (Å²) in [7, 11) is 0. The summed E-state index contributed by atoms with van der Waals surface area (Å²) in [6, 6.07) is 30.2. The number of ether oxygens (including phenoxy) is 4. The summed E-state index contributed by atoms with van der Waals surface area (Å²) < 4.78 is 23.2. The highest BCUT2D eigenvalue weighted by Gasteiger charge is 2.42. The second kappa shape index (κ2) is 23.7. The lowest BCUT2D eigenvalue weighted by atomic mass is 9.93. The number of hydrogen-bond acceptors (Lipinski definition) is 13. The first kappa shape index (κ1) is 47.6. The highest BCUT2D eigenvalue weighted by atomic mass is 16.7. The molecule has 62 heavy (non-hydrogen) atoms. The van der Waals surface area contributed by atoms with Gasteiger partial charge in [0, 0.05) is 24.2 Å². The Bertz CT molecular complexity index is 1870. The first-order chi connectivity index (χ1) is 30.0. The SMILES string of the molecule is CCCCCc1ccc(CC[C@H](NCCCN(C[C@H](O)[C@@H](O)[C@@H]2OC(c3ccccc3)OC[C@H]2O)C[C@H](O)[C@@H](O)[C@@H]2OC(c3ccccc3)OC[C@H]2O)C(N)=O)c2ccccc12. The number of amides is 1. The van der Waals surface area contributed by atoms with Crippen LogP contribution < -0.4 is 11.1 Å². The van der Waals surface area contributed by atoms with Gasteiger partial charge < -0.3 is 60.6 Å². The molecule has 4 aromatic carbocycles. The molecular formula is C48H65N3O11. The molecule has 2 aliphatic heterocycles. The molecule has 14 nitrogen and oxygen atoms in total. The molecule has 2 aliphatic rings. The molecule has 1 amide bonds. The van der Waals surface area contributed by atoms with Crippen LogP contribution in [0.1, 0.15) is 73.9 Å². The Morgan fingerprint density at radius 3 is 1.66 bits per heavy atom. The van der Waals surface area contributed by atoms with E-state index in [0.29, 0.717) is 36.9 Å². The molecule has 2 saturated heterocycles. The minimum absolute atomic E-state index is 0.132. The molecular weight excluding hydrogens is 795 g/mol. The summed E-state index contributed by atoms with van der Waals surface area (Å²) >= 11 is 0. The number of aryl methyl sites for hydroxylation is 2. The smallest absolute Gasteiger partial charge is 0.234 e. The van der Waals surface area contributed by atoms with E-state index in [4.69, 9.17) is 24.7 Å². The first-order valence-corrected chi connectivity index (χ1v) is 22.0. The van der Waals surface area contributed by atoms with Crippen molar-refractivity contribution in [3.8, 4) is 0 Å². The fourth-order valence-electron chi connectivity index (χ4n) is 8.38. The number of nitrogens with zero attached hydrogens (tertiary/aromatic N) is 1. The Labute approximate surface area is 364 Å². The maximum Gasteiger partial charge on any atom is 0.234 e. The minimum Gasteiger partial charge on any atom is -0.389 e. The van der Waals surface area contributed by atoms with Gasteiger partial charge in [0.15, 0.2) is 12.6 Å². The van der Waals surface area contributed by atoms with E-state index in [2.05, 4.69) is 42.6 Å². The molecule has 11 atom stereocenters. The Kier molecular flexibility index (Phi) is 18.2. The maximum atomic E-state index is 12.7. The molecule has 0 aromatic heterocycles. The van der Waals surface area contributed by atoms with Crippen LogP contribution in [0.2, 0.25) is 0 Å². The van der Waals surface area contributed by atoms with Crippen molar-refractivity contribution in [3.05, 3.63) is 119 Å². The van der Waals surface area contributed by atoms with Crippen molar-refractivity contribution in [2.75, 3.05) is 39.4 Å². The molecule has 0 saturated carbocycles. The first-order valence-electron chi connectivity index (χ1n) is 22.0. The van der Waals surface area contributed by atoms with Gasteiger partial charge >= 0.3 is 0 Å². The van der Waals surface area contributed by atoms with Crippen LogP contribution in [-0.2, 0) is 36.6 Å². The van der Waals surface area contributed by atoms with E-state index in [1.165, 1.54) is 22.8 Å². The fraction of sp³-hybridized carbons (Fsp3) is 0.521. The van der Waals surface area contributed by atoms with Crippen LogP contribution in [0.15, 0.2) is 97.1 Å². The number of primary amides is 1. The number of fused-ring (bicyclic) bond motifs is 1. The lowest BCUT2D eigenvalue weighted by Gasteiger charge is -2.40. The van der Waals surface area contributed by atoms with Crippen LogP contribution in [0.4, 0.5) is 0 Å². The van der Waals surface area contributed by atoms with Gasteiger partial charge in [-0.25, -0.2) is 0 Å². The monoisotopic (exact) mass is 859 g/mol. The predicted molar refractivity (Wildman–Crippen MR) is 234 cm³/mol. The Morgan fingerprint density at radius 2 is 1.18 bits per heavy atom. The largest absolute Gasteiger partial charge is 0.389 e. The van der Waals surface area contributed by atoms with Gasteiger partial charge in [-0.1, -0.05) is 117 Å². The normalized spacial score (nSPS) is 24.4. The van der Waals surface area contributed by atoms with Crippen LogP contribution >= 0.6 is 0 Å². The Balaban J connectivity index is 1.10. The molecule has 338 valence electrons. The highest BCUT2D eigenvalue weighted by Crippen LogP contribution is 2.31. The van der Waals surface area contributed by atoms with Crippen molar-refractivity contribution in [3.63, 3.8) is 0 Å². The predicted octanol–water partition coefficient (Wildman–Crippen LogP) is 3.03. The molecule has 2 fully saturated rings. The van der Waals surface area contributed by atoms with E-state index in [-0.39, 0.29) is 32.8 Å². The second-order valence-corrected chi connectivity index (χ2v) is 16.6. The Hall–Kier alpha value is -3.87. The molecule has 0 radical (unpaired) electrons. The number of nitrogens with one attached hydrogen (secondary N) is 1. The van der Waals surface area contributed by atoms with Crippen molar-refractivity contribution < 1.29 is 54.4 Å². The zero-order valence-electron chi connectivity index (χ0n) is 35.5. The summed E-state index contributed by atoms with van der Waals surface area (Å²) in [6.07, 6.45) is -6.66. The lowest BCUT2D eigenvalue weighted by molar-refractivity contribution is -0.285. The van der Waals surface area contributed by atoms with E-state index >= 15 is 0 Å². The van der Waals surface area contributed by atoms with Gasteiger partial charge in [-0.3, -0.25) is 9.69 Å². The molecule has 0 aliphatic carbocycles. The standard InChI is InChI=1S/C48H65N3O11/c1-2-3-6-14-31-21-22-32(36-20-12-11-19-35(31)36)23-24-37(46(49)58)50-25-13-26-51(27-38(52)42(56)44-40(54)29-59-47(61-44)33-15-7-4-8-16-33)28-39(53)43(57)45-41(55)30-60-48(62-45)34-17-9-5-10-18-34/h4-5,7-12,15-22,37-45,47-48,50,52-57H,2-3,6,13-14,23-30H2,1H3,(H2,49,58)/t37-,38-,39-,40+,41+,42+,43+,44+,45+,47?,48?/m0/s1. The molecule has 2 unspecified atom stereocenters. The number of unbranched alkanes of at least 4 members (excludes halogenated alkanes) is 2. The summed E-state index contributed by atoms with van der Waals surface area (Å²) in [5, 5.41) is 72.8. The third-order valence-electron chi connectivity index (χ3n) is 11.9. The summed E-state index contributed by atoms with van der Waals surface area (Å²) in [5.74, 6) is -0.480. The average molecular weight is 860 g/mol. The minimum atomic E-state index is -1.56. The van der Waals surface area contributed by atoms with Crippen LogP contribution in [-0.4, -0.2) is 136 Å². The number of hydrogen-bond donors (Lipinski definition) is 8. The maximum absolute atomic E-state index is 12.7. The number of aliphatic hydroxyl groups is 6. The van der Waals surface area contributed by atoms with Crippen LogP contribution in [0.25, 0.3) is 10.8 Å². The van der Waals surface area contributed by atoms with E-state index in [1.807, 2.05) is 42.5 Å². The topological polar surface area (TPSA) is 217 Å². The molecule has 6 rings (SSSR count). The van der Waals surface area contributed by atoms with Crippen molar-refractivity contribution >= 4 is 16.7 Å². The van der Waals surface area contributed by atoms with E-state index < -0.39 is 73.4 Å². The van der Waals surface area contributed by atoms with Crippen LogP contribution in [0.5, 0.6) is 0 Å². The molecule has 4 aromatic rings. The number of benzene rings is 4. The van der Waals surface area contributed by atoms with E-state index in [9.17, 15) is 35.4 Å². The molecule has 0 bridgehead atoms. The zero-order valence-corrected chi connectivity index (χ0v) is 35.5.